The lowest BCUT2D eigenvalue weighted by atomic mass is 10.0. The quantitative estimate of drug-likeness (QED) is 0.819. The highest BCUT2D eigenvalue weighted by Gasteiger charge is 2.24. The van der Waals surface area contributed by atoms with Crippen LogP contribution in [-0.2, 0) is 16.0 Å². The Hall–Kier alpha value is -2.08. The van der Waals surface area contributed by atoms with Crippen molar-refractivity contribution in [2.75, 3.05) is 25.1 Å². The van der Waals surface area contributed by atoms with Crippen LogP contribution in [0.15, 0.2) is 18.2 Å². The van der Waals surface area contributed by atoms with Crippen LogP contribution < -0.4 is 15.0 Å². The lowest BCUT2D eigenvalue weighted by Gasteiger charge is -2.29. The Morgan fingerprint density at radius 1 is 1.52 bits per heavy atom. The summed E-state index contributed by atoms with van der Waals surface area (Å²) in [6.07, 6.45) is 0.641. The molecule has 2 N–H and O–H groups in total. The Kier molecular flexibility index (Phi) is 4.80. The molecular weight excluding hydrogens is 272 g/mol. The number of likely N-dealkylation sites (N-methyl/N-ethyl adjacent to an activating group) is 2. The van der Waals surface area contributed by atoms with Gasteiger partial charge >= 0.3 is 5.97 Å². The fraction of sp³-hybridized carbons (Fsp3) is 0.467. The van der Waals surface area contributed by atoms with E-state index in [1.165, 1.54) is 0 Å². The molecule has 1 aromatic rings. The van der Waals surface area contributed by atoms with Gasteiger partial charge in [0.25, 0.3) is 5.91 Å². The molecule has 0 aliphatic carbocycles. The minimum Gasteiger partial charge on any atom is -0.482 e. The number of carboxylic acid groups (broad SMARTS) is 1. The molecular formula is C15H20N2O4. The molecule has 2 rings (SSSR count). The second-order valence-corrected chi connectivity index (χ2v) is 5.02. The topological polar surface area (TPSA) is 78.9 Å². The number of fused-ring (bicyclic) bond motifs is 1. The van der Waals surface area contributed by atoms with Crippen molar-refractivity contribution in [1.82, 2.24) is 5.32 Å². The monoisotopic (exact) mass is 292 g/mol. The van der Waals surface area contributed by atoms with E-state index in [2.05, 4.69) is 5.32 Å². The first-order chi connectivity index (χ1) is 10.0. The molecule has 0 bridgehead atoms. The average Bonchev–Trinajstić information content (AvgIpc) is 2.46. The van der Waals surface area contributed by atoms with Crippen LogP contribution in [-0.4, -0.2) is 43.2 Å². The third-order valence-corrected chi connectivity index (χ3v) is 3.59. The third-order valence-electron chi connectivity index (χ3n) is 3.59. The second kappa shape index (κ2) is 6.58. The Labute approximate surface area is 123 Å². The molecule has 0 saturated heterocycles. The maximum absolute atomic E-state index is 11.8. The zero-order valence-corrected chi connectivity index (χ0v) is 12.3. The maximum Gasteiger partial charge on any atom is 0.304 e. The molecule has 6 heteroatoms. The molecule has 0 aromatic heterocycles. The van der Waals surface area contributed by atoms with Gasteiger partial charge in [-0.05, 0) is 38.1 Å². The van der Waals surface area contributed by atoms with Crippen LogP contribution in [0.25, 0.3) is 0 Å². The minimum atomic E-state index is -0.832. The van der Waals surface area contributed by atoms with E-state index in [1.54, 1.807) is 11.9 Å². The lowest BCUT2D eigenvalue weighted by molar-refractivity contribution is -0.137. The number of ether oxygens (including phenoxy) is 1. The first-order valence-corrected chi connectivity index (χ1v) is 7.00. The molecule has 0 fully saturated rings. The minimum absolute atomic E-state index is 0.0561. The van der Waals surface area contributed by atoms with E-state index in [1.807, 2.05) is 25.1 Å². The number of carbonyl (C=O) groups is 2. The predicted octanol–water partition coefficient (Wildman–Crippen LogP) is 1.04. The van der Waals surface area contributed by atoms with Gasteiger partial charge in [0.15, 0.2) is 6.61 Å². The van der Waals surface area contributed by atoms with E-state index in [4.69, 9.17) is 9.84 Å². The number of nitrogens with one attached hydrogen (secondary N) is 1. The lowest BCUT2D eigenvalue weighted by Crippen LogP contribution is -2.38. The van der Waals surface area contributed by atoms with Crippen molar-refractivity contribution in [3.8, 4) is 5.75 Å². The number of amides is 1. The van der Waals surface area contributed by atoms with Crippen LogP contribution in [0, 0.1) is 0 Å². The molecule has 1 heterocycles. The van der Waals surface area contributed by atoms with E-state index in [9.17, 15) is 9.59 Å². The van der Waals surface area contributed by atoms with Gasteiger partial charge in [-0.15, -0.1) is 0 Å². The highest BCUT2D eigenvalue weighted by Crippen LogP contribution is 2.33. The van der Waals surface area contributed by atoms with Crippen molar-refractivity contribution in [2.45, 2.75) is 25.8 Å². The Balaban J connectivity index is 2.21. The average molecular weight is 292 g/mol. The summed E-state index contributed by atoms with van der Waals surface area (Å²) in [5.74, 6) is -0.196. The van der Waals surface area contributed by atoms with Gasteiger partial charge in [-0.3, -0.25) is 9.59 Å². The number of benzene rings is 1. The molecule has 1 amide bonds. The van der Waals surface area contributed by atoms with Gasteiger partial charge in [-0.25, -0.2) is 0 Å². The second-order valence-electron chi connectivity index (χ2n) is 5.02. The number of hydrogen-bond acceptors (Lipinski definition) is 4. The van der Waals surface area contributed by atoms with Crippen LogP contribution in [0.3, 0.4) is 0 Å². The van der Waals surface area contributed by atoms with E-state index >= 15 is 0 Å². The molecule has 1 aromatic carbocycles. The van der Waals surface area contributed by atoms with Crippen LogP contribution >= 0.6 is 0 Å². The molecule has 0 radical (unpaired) electrons. The smallest absolute Gasteiger partial charge is 0.304 e. The SMILES string of the molecule is CCN1C(=O)COc2ccc(CC(CC(=O)O)NC)cc21. The fourth-order valence-corrected chi connectivity index (χ4v) is 2.49. The number of carboxylic acids is 1. The molecule has 1 aliphatic heterocycles. The standard InChI is InChI=1S/C15H20N2O4/c1-3-17-12-7-10(6-11(16-2)8-15(19)20)4-5-13(12)21-9-14(17)18/h4-5,7,11,16H,3,6,8-9H2,1-2H3,(H,19,20). The molecule has 0 saturated carbocycles. The molecule has 114 valence electrons. The van der Waals surface area contributed by atoms with Gasteiger partial charge < -0.3 is 20.1 Å². The highest BCUT2D eigenvalue weighted by molar-refractivity contribution is 5.97. The third kappa shape index (κ3) is 3.52. The van der Waals surface area contributed by atoms with E-state index < -0.39 is 5.97 Å². The Morgan fingerprint density at radius 2 is 2.29 bits per heavy atom. The summed E-state index contributed by atoms with van der Waals surface area (Å²) in [6.45, 7) is 2.57. The van der Waals surface area contributed by atoms with Crippen molar-refractivity contribution in [1.29, 1.82) is 0 Å². The van der Waals surface area contributed by atoms with Crippen LogP contribution in [0.2, 0.25) is 0 Å². The molecule has 21 heavy (non-hydrogen) atoms. The van der Waals surface area contributed by atoms with Gasteiger partial charge in [-0.2, -0.15) is 0 Å². The Bertz CT molecular complexity index is 544. The number of rotatable bonds is 6. The highest BCUT2D eigenvalue weighted by atomic mass is 16.5. The molecule has 1 unspecified atom stereocenters. The summed E-state index contributed by atoms with van der Waals surface area (Å²) in [4.78, 5) is 24.3. The van der Waals surface area contributed by atoms with E-state index in [0.29, 0.717) is 18.7 Å². The number of aliphatic carboxylic acids is 1. The summed E-state index contributed by atoms with van der Waals surface area (Å²) < 4.78 is 5.42. The molecule has 6 nitrogen and oxygen atoms in total. The van der Waals surface area contributed by atoms with Crippen molar-refractivity contribution in [3.63, 3.8) is 0 Å². The summed E-state index contributed by atoms with van der Waals surface area (Å²) >= 11 is 0. The van der Waals surface area contributed by atoms with Crippen LogP contribution in [0.4, 0.5) is 5.69 Å². The van der Waals surface area contributed by atoms with Gasteiger partial charge in [0, 0.05) is 12.6 Å². The van der Waals surface area contributed by atoms with Crippen molar-refractivity contribution in [2.24, 2.45) is 0 Å². The van der Waals surface area contributed by atoms with Crippen LogP contribution in [0.1, 0.15) is 18.9 Å². The molecule has 1 atom stereocenters. The summed E-state index contributed by atoms with van der Waals surface area (Å²) in [7, 11) is 1.75. The fourth-order valence-electron chi connectivity index (χ4n) is 2.49. The van der Waals surface area contributed by atoms with Crippen molar-refractivity contribution >= 4 is 17.6 Å². The van der Waals surface area contributed by atoms with E-state index in [0.717, 1.165) is 11.3 Å². The maximum atomic E-state index is 11.8. The largest absolute Gasteiger partial charge is 0.482 e. The first-order valence-electron chi connectivity index (χ1n) is 7.00. The van der Waals surface area contributed by atoms with Gasteiger partial charge in [0.05, 0.1) is 12.1 Å². The number of hydrogen-bond donors (Lipinski definition) is 2. The van der Waals surface area contributed by atoms with Gasteiger partial charge in [0.1, 0.15) is 5.75 Å². The van der Waals surface area contributed by atoms with Crippen LogP contribution in [0.5, 0.6) is 5.75 Å². The zero-order chi connectivity index (χ0) is 15.4. The van der Waals surface area contributed by atoms with E-state index in [-0.39, 0.29) is 25.0 Å². The molecule has 1 aliphatic rings. The summed E-state index contributed by atoms with van der Waals surface area (Å²) in [5, 5.41) is 11.9. The zero-order valence-electron chi connectivity index (χ0n) is 12.3. The van der Waals surface area contributed by atoms with Gasteiger partial charge in [-0.1, -0.05) is 6.07 Å². The van der Waals surface area contributed by atoms with Crippen molar-refractivity contribution in [3.05, 3.63) is 23.8 Å². The molecule has 0 spiro atoms. The Morgan fingerprint density at radius 3 is 2.90 bits per heavy atom. The number of anilines is 1. The summed E-state index contributed by atoms with van der Waals surface area (Å²) in [6, 6.07) is 5.51. The normalized spacial score (nSPS) is 15.3. The first kappa shape index (κ1) is 15.3. The number of nitrogens with zero attached hydrogens (tertiary/aromatic N) is 1. The summed E-state index contributed by atoms with van der Waals surface area (Å²) in [5.41, 5.74) is 1.74. The predicted molar refractivity (Wildman–Crippen MR) is 78.8 cm³/mol. The number of carbonyl (C=O) groups excluding carboxylic acids is 1. The van der Waals surface area contributed by atoms with Crippen molar-refractivity contribution < 1.29 is 19.4 Å². The van der Waals surface area contributed by atoms with Gasteiger partial charge in [0.2, 0.25) is 0 Å².